The molecule has 3 rings (SSSR count). The average molecular weight is 353 g/mol. The Morgan fingerprint density at radius 2 is 1.96 bits per heavy atom. The third kappa shape index (κ3) is 3.77. The van der Waals surface area contributed by atoms with Crippen molar-refractivity contribution in [2.45, 2.75) is 13.8 Å². The van der Waals surface area contributed by atoms with Gasteiger partial charge in [0.2, 0.25) is 0 Å². The van der Waals surface area contributed by atoms with E-state index in [2.05, 4.69) is 10.3 Å². The van der Waals surface area contributed by atoms with Gasteiger partial charge in [-0.15, -0.1) is 0 Å². The van der Waals surface area contributed by atoms with Crippen molar-refractivity contribution in [3.05, 3.63) is 74.2 Å². The predicted molar refractivity (Wildman–Crippen MR) is 99.8 cm³/mol. The summed E-state index contributed by atoms with van der Waals surface area (Å²) in [5.41, 5.74) is 3.22. The second kappa shape index (κ2) is 6.90. The molecule has 0 saturated carbocycles. The van der Waals surface area contributed by atoms with Crippen LogP contribution in [0.15, 0.2) is 52.4 Å². The van der Waals surface area contributed by atoms with E-state index in [1.54, 1.807) is 18.2 Å². The first-order valence-electron chi connectivity index (χ1n) is 7.54. The fraction of sp³-hybridized carbons (Fsp3) is 0.111. The Morgan fingerprint density at radius 1 is 1.20 bits per heavy atom. The Balaban J connectivity index is 1.92. The van der Waals surface area contributed by atoms with Gasteiger partial charge in [-0.25, -0.2) is 4.99 Å². The maximum atomic E-state index is 12.2. The molecule has 0 aromatic heterocycles. The topological polar surface area (TPSA) is 84.6 Å². The Kier molecular flexibility index (Phi) is 4.67. The van der Waals surface area contributed by atoms with E-state index in [1.807, 2.05) is 32.0 Å². The number of thioether (sulfide) groups is 1. The van der Waals surface area contributed by atoms with E-state index in [9.17, 15) is 14.9 Å². The van der Waals surface area contributed by atoms with Gasteiger partial charge in [0.25, 0.3) is 11.6 Å². The van der Waals surface area contributed by atoms with Crippen molar-refractivity contribution in [2.24, 2.45) is 4.99 Å². The summed E-state index contributed by atoms with van der Waals surface area (Å²) in [4.78, 5) is 27.7. The summed E-state index contributed by atoms with van der Waals surface area (Å²) >= 11 is 1.17. The van der Waals surface area contributed by atoms with Crippen molar-refractivity contribution in [1.82, 2.24) is 5.32 Å². The molecule has 126 valence electrons. The Bertz CT molecular complexity index is 935. The summed E-state index contributed by atoms with van der Waals surface area (Å²) in [6, 6.07) is 12.2. The minimum atomic E-state index is -0.463. The van der Waals surface area contributed by atoms with Gasteiger partial charge in [0.05, 0.1) is 21.1 Å². The number of nitro benzene ring substituents is 1. The SMILES string of the molecule is Cc1ccc(C)c(N=C2NC(=O)/C(=C\c3ccccc3[N+](=O)[O-])S2)c1. The third-order valence-corrected chi connectivity index (χ3v) is 4.57. The molecule has 0 aliphatic carbocycles. The lowest BCUT2D eigenvalue weighted by molar-refractivity contribution is -0.385. The molecule has 2 aromatic carbocycles. The van der Waals surface area contributed by atoms with Crippen LogP contribution in [0.2, 0.25) is 0 Å². The maximum Gasteiger partial charge on any atom is 0.276 e. The molecule has 2 aromatic rings. The van der Waals surface area contributed by atoms with Gasteiger partial charge in [0, 0.05) is 6.07 Å². The fourth-order valence-corrected chi connectivity index (χ4v) is 3.17. The number of carbonyl (C=O) groups is 1. The second-order valence-electron chi connectivity index (χ2n) is 5.59. The van der Waals surface area contributed by atoms with Gasteiger partial charge >= 0.3 is 0 Å². The van der Waals surface area contributed by atoms with E-state index >= 15 is 0 Å². The van der Waals surface area contributed by atoms with Crippen LogP contribution in [0.3, 0.4) is 0 Å². The minimum absolute atomic E-state index is 0.0386. The summed E-state index contributed by atoms with van der Waals surface area (Å²) in [6.45, 7) is 3.92. The van der Waals surface area contributed by atoms with Gasteiger partial charge in [-0.05, 0) is 54.9 Å². The molecule has 7 heteroatoms. The molecule has 0 unspecified atom stereocenters. The van der Waals surface area contributed by atoms with Crippen LogP contribution in [-0.4, -0.2) is 16.0 Å². The van der Waals surface area contributed by atoms with Crippen molar-refractivity contribution in [3.8, 4) is 0 Å². The number of benzene rings is 2. The van der Waals surface area contributed by atoms with E-state index in [4.69, 9.17) is 0 Å². The second-order valence-corrected chi connectivity index (χ2v) is 6.62. The Hall–Kier alpha value is -2.93. The van der Waals surface area contributed by atoms with Crippen LogP contribution in [0.25, 0.3) is 6.08 Å². The first-order valence-corrected chi connectivity index (χ1v) is 8.36. The first kappa shape index (κ1) is 16.9. The van der Waals surface area contributed by atoms with Crippen molar-refractivity contribution >= 4 is 40.3 Å². The molecule has 1 saturated heterocycles. The maximum absolute atomic E-state index is 12.2. The van der Waals surface area contributed by atoms with E-state index < -0.39 is 4.92 Å². The number of hydrogen-bond donors (Lipinski definition) is 1. The lowest BCUT2D eigenvalue weighted by atomic mass is 10.1. The smallest absolute Gasteiger partial charge is 0.276 e. The van der Waals surface area contributed by atoms with Crippen LogP contribution in [0.4, 0.5) is 11.4 Å². The third-order valence-electron chi connectivity index (χ3n) is 3.66. The van der Waals surface area contributed by atoms with Crippen molar-refractivity contribution in [2.75, 3.05) is 0 Å². The fourth-order valence-electron chi connectivity index (χ4n) is 2.35. The summed E-state index contributed by atoms with van der Waals surface area (Å²) < 4.78 is 0. The number of aryl methyl sites for hydroxylation is 2. The average Bonchev–Trinajstić information content (AvgIpc) is 2.91. The van der Waals surface area contributed by atoms with Gasteiger partial charge in [-0.2, -0.15) is 0 Å². The number of rotatable bonds is 3. The number of para-hydroxylation sites is 1. The number of nitro groups is 1. The number of amides is 1. The quantitative estimate of drug-likeness (QED) is 0.511. The first-order chi connectivity index (χ1) is 11.9. The zero-order chi connectivity index (χ0) is 18.0. The zero-order valence-electron chi connectivity index (χ0n) is 13.6. The molecule has 0 bridgehead atoms. The zero-order valence-corrected chi connectivity index (χ0v) is 14.5. The number of aliphatic imine (C=N–C) groups is 1. The molecule has 1 heterocycles. The number of nitrogens with zero attached hydrogens (tertiary/aromatic N) is 2. The van der Waals surface area contributed by atoms with Crippen LogP contribution < -0.4 is 5.32 Å². The highest BCUT2D eigenvalue weighted by molar-refractivity contribution is 8.18. The highest BCUT2D eigenvalue weighted by atomic mass is 32.2. The van der Waals surface area contributed by atoms with Crippen LogP contribution in [0.5, 0.6) is 0 Å². The van der Waals surface area contributed by atoms with Gasteiger partial charge < -0.3 is 5.32 Å². The molecule has 1 amide bonds. The standard InChI is InChI=1S/C18H15N3O3S/c1-11-7-8-12(2)14(9-11)19-18-20-17(22)16(25-18)10-13-5-3-4-6-15(13)21(23)24/h3-10H,1-2H3,(H,19,20,22)/b16-10+. The van der Waals surface area contributed by atoms with E-state index in [0.717, 1.165) is 16.8 Å². The minimum Gasteiger partial charge on any atom is -0.300 e. The number of hydrogen-bond acceptors (Lipinski definition) is 5. The molecular formula is C18H15N3O3S. The lowest BCUT2D eigenvalue weighted by Gasteiger charge is -2.02. The normalized spacial score (nSPS) is 17.1. The molecule has 25 heavy (non-hydrogen) atoms. The van der Waals surface area contributed by atoms with Gasteiger partial charge in [0.15, 0.2) is 5.17 Å². The number of amidine groups is 1. The van der Waals surface area contributed by atoms with E-state index in [-0.39, 0.29) is 11.6 Å². The summed E-state index contributed by atoms with van der Waals surface area (Å²) in [7, 11) is 0. The summed E-state index contributed by atoms with van der Waals surface area (Å²) in [6.07, 6.45) is 1.52. The molecule has 0 radical (unpaired) electrons. The molecule has 0 spiro atoms. The molecule has 1 N–H and O–H groups in total. The summed E-state index contributed by atoms with van der Waals surface area (Å²) in [5.74, 6) is -0.313. The van der Waals surface area contributed by atoms with Gasteiger partial charge in [-0.3, -0.25) is 14.9 Å². The Labute approximate surface area is 148 Å². The predicted octanol–water partition coefficient (Wildman–Crippen LogP) is 4.10. The molecule has 0 atom stereocenters. The lowest BCUT2D eigenvalue weighted by Crippen LogP contribution is -2.19. The number of nitrogens with one attached hydrogen (secondary N) is 1. The van der Waals surface area contributed by atoms with Crippen LogP contribution in [-0.2, 0) is 4.79 Å². The van der Waals surface area contributed by atoms with Crippen LogP contribution in [0, 0.1) is 24.0 Å². The van der Waals surface area contributed by atoms with Crippen molar-refractivity contribution < 1.29 is 9.72 Å². The highest BCUT2D eigenvalue weighted by Crippen LogP contribution is 2.31. The molecule has 1 aliphatic heterocycles. The largest absolute Gasteiger partial charge is 0.300 e. The van der Waals surface area contributed by atoms with E-state index in [0.29, 0.717) is 15.6 Å². The van der Waals surface area contributed by atoms with Crippen LogP contribution >= 0.6 is 11.8 Å². The Morgan fingerprint density at radius 3 is 2.72 bits per heavy atom. The highest BCUT2D eigenvalue weighted by Gasteiger charge is 2.25. The van der Waals surface area contributed by atoms with Crippen molar-refractivity contribution in [3.63, 3.8) is 0 Å². The van der Waals surface area contributed by atoms with Gasteiger partial charge in [0.1, 0.15) is 0 Å². The molecular weight excluding hydrogens is 338 g/mol. The molecule has 1 fully saturated rings. The van der Waals surface area contributed by atoms with Crippen molar-refractivity contribution in [1.29, 1.82) is 0 Å². The summed E-state index contributed by atoms with van der Waals surface area (Å²) in [5, 5.41) is 14.3. The van der Waals surface area contributed by atoms with Crippen LogP contribution in [0.1, 0.15) is 16.7 Å². The van der Waals surface area contributed by atoms with E-state index in [1.165, 1.54) is 23.9 Å². The molecule has 6 nitrogen and oxygen atoms in total. The van der Waals surface area contributed by atoms with Gasteiger partial charge in [-0.1, -0.05) is 24.3 Å². The monoisotopic (exact) mass is 353 g/mol. The number of carbonyl (C=O) groups excluding carboxylic acids is 1. The molecule has 1 aliphatic rings.